The molecule has 0 aliphatic rings. The summed E-state index contributed by atoms with van der Waals surface area (Å²) in [5.74, 6) is -0.324. The number of aryl methyl sites for hydroxylation is 1. The molecule has 2 rings (SSSR count). The highest BCUT2D eigenvalue weighted by molar-refractivity contribution is 9.10. The molecule has 0 spiro atoms. The Kier molecular flexibility index (Phi) is 4.50. The number of hydrogen-bond donors (Lipinski definition) is 2. The number of para-hydroxylation sites is 1. The lowest BCUT2D eigenvalue weighted by Crippen LogP contribution is -2.19. The number of thiocarbonyl (C=S) groups is 1. The monoisotopic (exact) mass is 338 g/mol. The van der Waals surface area contributed by atoms with Gasteiger partial charge in [-0.3, -0.25) is 0 Å². The molecule has 0 heterocycles. The van der Waals surface area contributed by atoms with Gasteiger partial charge in [-0.15, -0.1) is 0 Å². The minimum atomic E-state index is -0.324. The van der Waals surface area contributed by atoms with Gasteiger partial charge in [0.1, 0.15) is 5.82 Å². The van der Waals surface area contributed by atoms with E-state index in [0.717, 1.165) is 11.3 Å². The van der Waals surface area contributed by atoms with E-state index in [4.69, 9.17) is 12.2 Å². The van der Waals surface area contributed by atoms with Crippen LogP contribution >= 0.6 is 28.1 Å². The molecule has 5 heteroatoms. The molecule has 0 radical (unpaired) electrons. The van der Waals surface area contributed by atoms with E-state index >= 15 is 0 Å². The van der Waals surface area contributed by atoms with Gasteiger partial charge >= 0.3 is 0 Å². The van der Waals surface area contributed by atoms with Gasteiger partial charge in [0, 0.05) is 11.4 Å². The zero-order valence-electron chi connectivity index (χ0n) is 10.2. The molecular weight excluding hydrogens is 327 g/mol. The minimum absolute atomic E-state index is 0.324. The number of anilines is 2. The van der Waals surface area contributed by atoms with Gasteiger partial charge in [-0.2, -0.15) is 0 Å². The van der Waals surface area contributed by atoms with E-state index < -0.39 is 0 Å². The zero-order valence-corrected chi connectivity index (χ0v) is 12.6. The lowest BCUT2D eigenvalue weighted by atomic mass is 10.2. The molecule has 2 N–H and O–H groups in total. The summed E-state index contributed by atoms with van der Waals surface area (Å²) >= 11 is 8.35. The normalized spacial score (nSPS) is 10.1. The molecule has 98 valence electrons. The smallest absolute Gasteiger partial charge is 0.175 e. The van der Waals surface area contributed by atoms with Gasteiger partial charge < -0.3 is 10.6 Å². The number of nitrogens with one attached hydrogen (secondary N) is 2. The van der Waals surface area contributed by atoms with Crippen LogP contribution in [-0.4, -0.2) is 5.11 Å². The number of hydrogen-bond acceptors (Lipinski definition) is 1. The van der Waals surface area contributed by atoms with Gasteiger partial charge in [-0.05, 0) is 64.9 Å². The predicted octanol–water partition coefficient (Wildman–Crippen LogP) is 4.71. The first-order valence-electron chi connectivity index (χ1n) is 5.65. The predicted molar refractivity (Wildman–Crippen MR) is 85.1 cm³/mol. The summed E-state index contributed by atoms with van der Waals surface area (Å²) in [7, 11) is 0. The molecule has 0 bridgehead atoms. The number of rotatable bonds is 2. The van der Waals surface area contributed by atoms with Crippen LogP contribution in [0, 0.1) is 12.7 Å². The molecule has 0 saturated carbocycles. The van der Waals surface area contributed by atoms with Gasteiger partial charge in [0.15, 0.2) is 5.11 Å². The lowest BCUT2D eigenvalue weighted by Gasteiger charge is -2.13. The Morgan fingerprint density at radius 2 is 1.84 bits per heavy atom. The maximum absolute atomic E-state index is 13.5. The molecule has 2 nitrogen and oxygen atoms in total. The third-order valence-electron chi connectivity index (χ3n) is 2.55. The van der Waals surface area contributed by atoms with Crippen LogP contribution in [0.4, 0.5) is 15.8 Å². The third kappa shape index (κ3) is 3.75. The van der Waals surface area contributed by atoms with E-state index in [2.05, 4.69) is 26.6 Å². The molecule has 2 aromatic carbocycles. The Morgan fingerprint density at radius 1 is 1.16 bits per heavy atom. The summed E-state index contributed by atoms with van der Waals surface area (Å²) in [6, 6.07) is 12.7. The summed E-state index contributed by atoms with van der Waals surface area (Å²) in [5, 5.41) is 6.45. The van der Waals surface area contributed by atoms with Crippen LogP contribution in [0.1, 0.15) is 5.56 Å². The highest BCUT2D eigenvalue weighted by atomic mass is 79.9. The summed E-state index contributed by atoms with van der Waals surface area (Å²) in [5.41, 5.74) is 2.44. The van der Waals surface area contributed by atoms with Crippen molar-refractivity contribution in [1.82, 2.24) is 0 Å². The summed E-state index contributed by atoms with van der Waals surface area (Å²) in [4.78, 5) is 0. The first kappa shape index (κ1) is 14.0. The van der Waals surface area contributed by atoms with Gasteiger partial charge in [0.2, 0.25) is 0 Å². The fourth-order valence-corrected chi connectivity index (χ4v) is 2.27. The molecule has 0 unspecified atom stereocenters. The molecule has 0 saturated heterocycles. The van der Waals surface area contributed by atoms with Gasteiger partial charge in [-0.1, -0.05) is 18.2 Å². The third-order valence-corrected chi connectivity index (χ3v) is 3.36. The largest absolute Gasteiger partial charge is 0.332 e. The lowest BCUT2D eigenvalue weighted by molar-refractivity contribution is 0.621. The van der Waals surface area contributed by atoms with E-state index in [1.807, 2.05) is 37.3 Å². The standard InChI is InChI=1S/C14H12BrFN2S/c1-9-7-11(15)12(16)8-13(9)18-14(19)17-10-5-3-2-4-6-10/h2-8H,1H3,(H2,17,18,19). The fraction of sp³-hybridized carbons (Fsp3) is 0.0714. The van der Waals surface area contributed by atoms with Crippen LogP contribution in [0.15, 0.2) is 46.9 Å². The molecule has 0 fully saturated rings. The van der Waals surface area contributed by atoms with Crippen LogP contribution in [0.25, 0.3) is 0 Å². The highest BCUT2D eigenvalue weighted by Gasteiger charge is 2.06. The average molecular weight is 339 g/mol. The van der Waals surface area contributed by atoms with Crippen LogP contribution in [0.5, 0.6) is 0 Å². The SMILES string of the molecule is Cc1cc(Br)c(F)cc1NC(=S)Nc1ccccc1. The Labute approximate surface area is 125 Å². The van der Waals surface area contributed by atoms with Crippen molar-refractivity contribution in [2.24, 2.45) is 0 Å². The second-order valence-electron chi connectivity index (χ2n) is 4.03. The quantitative estimate of drug-likeness (QED) is 0.775. The molecule has 19 heavy (non-hydrogen) atoms. The molecule has 2 aromatic rings. The molecule has 0 aromatic heterocycles. The van der Waals surface area contributed by atoms with E-state index in [1.54, 1.807) is 6.07 Å². The second-order valence-corrected chi connectivity index (χ2v) is 5.29. The van der Waals surface area contributed by atoms with Crippen molar-refractivity contribution in [2.75, 3.05) is 10.6 Å². The minimum Gasteiger partial charge on any atom is -0.332 e. The Balaban J connectivity index is 2.09. The topological polar surface area (TPSA) is 24.1 Å². The molecular formula is C14H12BrFN2S. The maximum atomic E-state index is 13.5. The fourth-order valence-electron chi connectivity index (χ4n) is 1.59. The zero-order chi connectivity index (χ0) is 13.8. The van der Waals surface area contributed by atoms with Crippen molar-refractivity contribution in [2.45, 2.75) is 6.92 Å². The second kappa shape index (κ2) is 6.12. The van der Waals surface area contributed by atoms with Crippen LogP contribution in [-0.2, 0) is 0 Å². The molecule has 0 amide bonds. The number of halogens is 2. The highest BCUT2D eigenvalue weighted by Crippen LogP contribution is 2.24. The Bertz CT molecular complexity index is 602. The molecule has 0 aliphatic carbocycles. The summed E-state index contributed by atoms with van der Waals surface area (Å²) in [6.45, 7) is 1.89. The van der Waals surface area contributed by atoms with Crippen LogP contribution in [0.3, 0.4) is 0 Å². The van der Waals surface area contributed by atoms with Gasteiger partial charge in [0.05, 0.1) is 4.47 Å². The van der Waals surface area contributed by atoms with Gasteiger partial charge in [0.25, 0.3) is 0 Å². The van der Waals surface area contributed by atoms with Crippen molar-refractivity contribution in [1.29, 1.82) is 0 Å². The van der Waals surface area contributed by atoms with E-state index in [0.29, 0.717) is 15.3 Å². The van der Waals surface area contributed by atoms with Crippen molar-refractivity contribution in [3.63, 3.8) is 0 Å². The van der Waals surface area contributed by atoms with E-state index in [9.17, 15) is 4.39 Å². The van der Waals surface area contributed by atoms with Crippen molar-refractivity contribution in [3.8, 4) is 0 Å². The van der Waals surface area contributed by atoms with Gasteiger partial charge in [-0.25, -0.2) is 4.39 Å². The van der Waals surface area contributed by atoms with Crippen LogP contribution in [0.2, 0.25) is 0 Å². The molecule has 0 atom stereocenters. The average Bonchev–Trinajstić information content (AvgIpc) is 2.37. The summed E-state index contributed by atoms with van der Waals surface area (Å²) < 4.78 is 13.9. The van der Waals surface area contributed by atoms with Crippen LogP contribution < -0.4 is 10.6 Å². The molecule has 0 aliphatic heterocycles. The Hall–Kier alpha value is -1.46. The van der Waals surface area contributed by atoms with Crippen molar-refractivity contribution in [3.05, 3.63) is 58.3 Å². The first-order chi connectivity index (χ1) is 9.06. The first-order valence-corrected chi connectivity index (χ1v) is 6.85. The van der Waals surface area contributed by atoms with Crippen molar-refractivity contribution < 1.29 is 4.39 Å². The summed E-state index contributed by atoms with van der Waals surface area (Å²) in [6.07, 6.45) is 0. The Morgan fingerprint density at radius 3 is 2.53 bits per heavy atom. The number of benzene rings is 2. The van der Waals surface area contributed by atoms with Crippen molar-refractivity contribution >= 4 is 44.6 Å². The van der Waals surface area contributed by atoms with E-state index in [-0.39, 0.29) is 5.82 Å². The maximum Gasteiger partial charge on any atom is 0.175 e. The van der Waals surface area contributed by atoms with E-state index in [1.165, 1.54) is 6.07 Å².